The van der Waals surface area contributed by atoms with Crippen LogP contribution in [0.5, 0.6) is 0 Å². The van der Waals surface area contributed by atoms with Crippen LogP contribution in [0.1, 0.15) is 45.4 Å². The zero-order chi connectivity index (χ0) is 22.9. The molecule has 2 aliphatic heterocycles. The predicted molar refractivity (Wildman–Crippen MR) is 125 cm³/mol. The first-order valence-electron chi connectivity index (χ1n) is 11.8. The fraction of sp³-hybridized carbons (Fsp3) is 0.652. The highest BCUT2D eigenvalue weighted by atomic mass is 32.2. The molecule has 0 radical (unpaired) electrons. The van der Waals surface area contributed by atoms with Crippen LogP contribution in [0, 0.1) is 0 Å². The zero-order valence-electron chi connectivity index (χ0n) is 19.5. The molecule has 4 rings (SSSR count). The highest BCUT2D eigenvalue weighted by molar-refractivity contribution is 7.89. The summed E-state index contributed by atoms with van der Waals surface area (Å²) in [5.74, 6) is 0.990. The van der Waals surface area contributed by atoms with E-state index in [2.05, 4.69) is 9.88 Å². The summed E-state index contributed by atoms with van der Waals surface area (Å²) >= 11 is 0. The summed E-state index contributed by atoms with van der Waals surface area (Å²) in [6, 6.07) is 5.62. The number of hydrogen-bond donors (Lipinski definition) is 0. The molecule has 0 N–H and O–H groups in total. The molecule has 0 spiro atoms. The average Bonchev–Trinajstić information content (AvgIpc) is 3.53. The molecule has 0 aliphatic carbocycles. The summed E-state index contributed by atoms with van der Waals surface area (Å²) in [6.45, 7) is 8.55. The van der Waals surface area contributed by atoms with E-state index in [4.69, 9.17) is 0 Å². The fourth-order valence-electron chi connectivity index (χ4n) is 5.08. The lowest BCUT2D eigenvalue weighted by Crippen LogP contribution is -2.37. The van der Waals surface area contributed by atoms with Gasteiger partial charge in [-0.1, -0.05) is 13.8 Å². The van der Waals surface area contributed by atoms with Crippen LogP contribution < -0.4 is 0 Å². The third-order valence-electron chi connectivity index (χ3n) is 7.02. The van der Waals surface area contributed by atoms with Crippen molar-refractivity contribution in [3.63, 3.8) is 0 Å². The maximum Gasteiger partial charge on any atom is 0.243 e. The molecule has 176 valence electrons. The van der Waals surface area contributed by atoms with Gasteiger partial charge < -0.3 is 9.47 Å². The Hall–Kier alpha value is -1.97. The lowest BCUT2D eigenvalue weighted by molar-refractivity contribution is -0.130. The predicted octanol–water partition coefficient (Wildman–Crippen LogP) is 2.23. The van der Waals surface area contributed by atoms with E-state index in [1.54, 1.807) is 12.1 Å². The number of nitrogens with zero attached hydrogens (tertiary/aromatic N) is 5. The lowest BCUT2D eigenvalue weighted by atomic mass is 10.2. The minimum absolute atomic E-state index is 0.184. The molecule has 2 aromatic rings. The number of fused-ring (bicyclic) bond motifs is 1. The number of benzene rings is 1. The normalized spacial score (nSPS) is 20.1. The second kappa shape index (κ2) is 9.49. The Balaban J connectivity index is 1.43. The number of carbonyl (C=O) groups excluding carboxylic acids is 1. The molecule has 3 heterocycles. The van der Waals surface area contributed by atoms with Crippen LogP contribution in [-0.4, -0.2) is 83.3 Å². The van der Waals surface area contributed by atoms with E-state index in [0.717, 1.165) is 30.9 Å². The van der Waals surface area contributed by atoms with Gasteiger partial charge in [0, 0.05) is 52.1 Å². The van der Waals surface area contributed by atoms with Gasteiger partial charge >= 0.3 is 0 Å². The molecule has 0 saturated carbocycles. The Morgan fingerprint density at radius 1 is 1.16 bits per heavy atom. The van der Waals surface area contributed by atoms with Crippen molar-refractivity contribution in [3.8, 4) is 0 Å². The third-order valence-corrected chi connectivity index (χ3v) is 9.07. The molecular formula is C23H35N5O3S. The van der Waals surface area contributed by atoms with Crippen LogP contribution in [0.4, 0.5) is 0 Å². The summed E-state index contributed by atoms with van der Waals surface area (Å²) < 4.78 is 29.1. The Morgan fingerprint density at radius 3 is 2.56 bits per heavy atom. The van der Waals surface area contributed by atoms with Crippen molar-refractivity contribution in [2.75, 3.05) is 39.3 Å². The monoisotopic (exact) mass is 461 g/mol. The Labute approximate surface area is 191 Å². The maximum atomic E-state index is 12.9. The van der Waals surface area contributed by atoms with Gasteiger partial charge in [0.2, 0.25) is 15.9 Å². The van der Waals surface area contributed by atoms with E-state index in [9.17, 15) is 13.2 Å². The van der Waals surface area contributed by atoms with Crippen LogP contribution in [0.3, 0.4) is 0 Å². The van der Waals surface area contributed by atoms with Crippen LogP contribution in [0.25, 0.3) is 11.0 Å². The van der Waals surface area contributed by atoms with Crippen LogP contribution >= 0.6 is 0 Å². The number of imidazole rings is 1. The number of rotatable bonds is 8. The quantitative estimate of drug-likeness (QED) is 0.602. The number of amides is 1. The topological polar surface area (TPSA) is 78.8 Å². The van der Waals surface area contributed by atoms with Crippen LogP contribution in [-0.2, 0) is 28.3 Å². The number of aromatic nitrogens is 2. The molecule has 1 aromatic carbocycles. The van der Waals surface area contributed by atoms with E-state index >= 15 is 0 Å². The number of sulfonamides is 1. The first-order chi connectivity index (χ1) is 15.3. The Bertz CT molecular complexity index is 1070. The minimum atomic E-state index is -3.53. The largest absolute Gasteiger partial charge is 0.341 e. The average molecular weight is 462 g/mol. The van der Waals surface area contributed by atoms with E-state index in [-0.39, 0.29) is 10.8 Å². The van der Waals surface area contributed by atoms with E-state index in [1.165, 1.54) is 30.2 Å². The number of aryl methyl sites for hydroxylation is 2. The molecule has 8 nitrogen and oxygen atoms in total. The molecule has 32 heavy (non-hydrogen) atoms. The van der Waals surface area contributed by atoms with E-state index in [1.807, 2.05) is 36.4 Å². The van der Waals surface area contributed by atoms with Crippen molar-refractivity contribution >= 4 is 27.0 Å². The van der Waals surface area contributed by atoms with Crippen molar-refractivity contribution in [3.05, 3.63) is 24.0 Å². The van der Waals surface area contributed by atoms with Gasteiger partial charge in [-0.05, 0) is 50.6 Å². The van der Waals surface area contributed by atoms with Gasteiger partial charge in [-0.15, -0.1) is 0 Å². The van der Waals surface area contributed by atoms with Gasteiger partial charge in [0.15, 0.2) is 0 Å². The molecule has 2 aliphatic rings. The zero-order valence-corrected chi connectivity index (χ0v) is 20.3. The van der Waals surface area contributed by atoms with Crippen molar-refractivity contribution in [1.82, 2.24) is 23.7 Å². The molecule has 9 heteroatoms. The highest BCUT2D eigenvalue weighted by Gasteiger charge is 2.31. The molecule has 0 bridgehead atoms. The SMILES string of the molecule is CCN(CC)S(=O)(=O)c1ccc2c(c1)nc(CCC(=O)N1CCC(N3CCCC3)C1)n2C. The minimum Gasteiger partial charge on any atom is -0.341 e. The maximum absolute atomic E-state index is 12.9. The second-order valence-electron chi connectivity index (χ2n) is 8.85. The van der Waals surface area contributed by atoms with Crippen LogP contribution in [0.15, 0.2) is 23.1 Å². The number of carbonyl (C=O) groups is 1. The summed E-state index contributed by atoms with van der Waals surface area (Å²) in [5, 5.41) is 0. The van der Waals surface area contributed by atoms with Crippen molar-refractivity contribution in [1.29, 1.82) is 0 Å². The lowest BCUT2D eigenvalue weighted by Gasteiger charge is -2.23. The summed E-state index contributed by atoms with van der Waals surface area (Å²) in [4.78, 5) is 22.3. The molecule has 2 fully saturated rings. The van der Waals surface area contributed by atoms with Crippen LogP contribution in [0.2, 0.25) is 0 Å². The van der Waals surface area contributed by atoms with Gasteiger partial charge in [-0.25, -0.2) is 13.4 Å². The smallest absolute Gasteiger partial charge is 0.243 e. The fourth-order valence-corrected chi connectivity index (χ4v) is 6.55. The standard InChI is InChI=1S/C23H35N5O3S/c1-4-28(5-2)32(30,31)19-8-9-21-20(16-19)24-22(25(21)3)10-11-23(29)27-15-12-18(17-27)26-13-6-7-14-26/h8-9,16,18H,4-7,10-15,17H2,1-3H3. The van der Waals surface area contributed by atoms with E-state index < -0.39 is 10.0 Å². The first-order valence-corrected chi connectivity index (χ1v) is 13.3. The van der Waals surface area contributed by atoms with Gasteiger partial charge in [0.1, 0.15) is 5.82 Å². The molecule has 1 aromatic heterocycles. The first kappa shape index (κ1) is 23.2. The van der Waals surface area contributed by atoms with Gasteiger partial charge in [0.05, 0.1) is 15.9 Å². The number of hydrogen-bond acceptors (Lipinski definition) is 5. The highest BCUT2D eigenvalue weighted by Crippen LogP contribution is 2.24. The summed E-state index contributed by atoms with van der Waals surface area (Å²) in [7, 11) is -1.60. The van der Waals surface area contributed by atoms with Gasteiger partial charge in [-0.3, -0.25) is 9.69 Å². The molecule has 1 amide bonds. The van der Waals surface area contributed by atoms with Crippen molar-refractivity contribution in [2.24, 2.45) is 7.05 Å². The molecular weight excluding hydrogens is 426 g/mol. The summed E-state index contributed by atoms with van der Waals surface area (Å²) in [6.07, 6.45) is 4.59. The van der Waals surface area contributed by atoms with Crippen molar-refractivity contribution < 1.29 is 13.2 Å². The second-order valence-corrected chi connectivity index (χ2v) is 10.8. The Kier molecular flexibility index (Phi) is 6.88. The Morgan fingerprint density at radius 2 is 1.88 bits per heavy atom. The molecule has 1 atom stereocenters. The van der Waals surface area contributed by atoms with Gasteiger partial charge in [0.25, 0.3) is 0 Å². The number of likely N-dealkylation sites (tertiary alicyclic amines) is 2. The van der Waals surface area contributed by atoms with Crippen molar-refractivity contribution in [2.45, 2.75) is 56.9 Å². The van der Waals surface area contributed by atoms with E-state index in [0.29, 0.717) is 37.5 Å². The summed E-state index contributed by atoms with van der Waals surface area (Å²) in [5.41, 5.74) is 1.53. The van der Waals surface area contributed by atoms with Gasteiger partial charge in [-0.2, -0.15) is 4.31 Å². The third kappa shape index (κ3) is 4.43. The molecule has 1 unspecified atom stereocenters. The molecule has 2 saturated heterocycles.